The molecule has 142 valence electrons. The predicted molar refractivity (Wildman–Crippen MR) is 106 cm³/mol. The highest BCUT2D eigenvalue weighted by atomic mass is 16.2. The molecule has 1 aliphatic rings. The van der Waals surface area contributed by atoms with Gasteiger partial charge < -0.3 is 15.1 Å². The predicted octanol–water partition coefficient (Wildman–Crippen LogP) is 2.32. The number of carbonyl (C=O) groups is 2. The molecule has 0 aromatic heterocycles. The lowest BCUT2D eigenvalue weighted by Gasteiger charge is -2.32. The van der Waals surface area contributed by atoms with E-state index in [2.05, 4.69) is 17.3 Å². The Bertz CT molecular complexity index is 751. The lowest BCUT2D eigenvalue weighted by atomic mass is 10.1. The molecule has 0 unspecified atom stereocenters. The molecule has 1 N–H and O–H groups in total. The molecule has 0 spiro atoms. The van der Waals surface area contributed by atoms with Crippen LogP contribution in [0.4, 0.5) is 0 Å². The standard InChI is InChI=1S/C22H27N3O2/c1-24-13-15-25(16-14-24)22(27)20-10-7-19(8-11-20)17-23-21(26)12-9-18-5-3-2-4-6-18/h2-8,10-11H,9,12-17H2,1H3,(H,23,26). The number of aryl methyl sites for hydroxylation is 1. The highest BCUT2D eigenvalue weighted by Gasteiger charge is 2.20. The minimum Gasteiger partial charge on any atom is -0.352 e. The molecule has 3 rings (SSSR count). The third-order valence-corrected chi connectivity index (χ3v) is 4.96. The van der Waals surface area contributed by atoms with Crippen molar-refractivity contribution in [3.8, 4) is 0 Å². The molecular formula is C22H27N3O2. The second-order valence-electron chi connectivity index (χ2n) is 7.05. The molecule has 0 radical (unpaired) electrons. The van der Waals surface area contributed by atoms with Crippen molar-refractivity contribution >= 4 is 11.8 Å². The highest BCUT2D eigenvalue weighted by molar-refractivity contribution is 5.94. The average molecular weight is 365 g/mol. The van der Waals surface area contributed by atoms with Gasteiger partial charge in [-0.2, -0.15) is 0 Å². The van der Waals surface area contributed by atoms with E-state index < -0.39 is 0 Å². The Hall–Kier alpha value is -2.66. The van der Waals surface area contributed by atoms with Crippen LogP contribution in [0.3, 0.4) is 0 Å². The summed E-state index contributed by atoms with van der Waals surface area (Å²) >= 11 is 0. The third-order valence-electron chi connectivity index (χ3n) is 4.96. The van der Waals surface area contributed by atoms with Crippen LogP contribution in [-0.2, 0) is 17.8 Å². The Balaban J connectivity index is 1.44. The first-order valence-electron chi connectivity index (χ1n) is 9.49. The zero-order valence-corrected chi connectivity index (χ0v) is 15.9. The minimum absolute atomic E-state index is 0.0384. The summed E-state index contributed by atoms with van der Waals surface area (Å²) in [4.78, 5) is 28.7. The molecule has 2 aromatic carbocycles. The topological polar surface area (TPSA) is 52.6 Å². The number of piperazine rings is 1. The van der Waals surface area contributed by atoms with Gasteiger partial charge in [-0.3, -0.25) is 9.59 Å². The number of nitrogens with one attached hydrogen (secondary N) is 1. The van der Waals surface area contributed by atoms with Crippen LogP contribution in [0.1, 0.15) is 27.9 Å². The molecule has 1 aliphatic heterocycles. The van der Waals surface area contributed by atoms with E-state index >= 15 is 0 Å². The minimum atomic E-state index is 0.0384. The number of likely N-dealkylation sites (N-methyl/N-ethyl adjacent to an activating group) is 1. The van der Waals surface area contributed by atoms with E-state index in [0.29, 0.717) is 18.5 Å². The smallest absolute Gasteiger partial charge is 0.253 e. The lowest BCUT2D eigenvalue weighted by Crippen LogP contribution is -2.47. The fraction of sp³-hybridized carbons (Fsp3) is 0.364. The number of rotatable bonds is 6. The van der Waals surface area contributed by atoms with Gasteiger partial charge in [0.1, 0.15) is 0 Å². The van der Waals surface area contributed by atoms with Gasteiger partial charge in [-0.25, -0.2) is 0 Å². The summed E-state index contributed by atoms with van der Waals surface area (Å²) in [6.07, 6.45) is 1.22. The van der Waals surface area contributed by atoms with Gasteiger partial charge in [0.2, 0.25) is 5.91 Å². The number of carbonyl (C=O) groups excluding carboxylic acids is 2. The van der Waals surface area contributed by atoms with E-state index in [1.165, 1.54) is 5.56 Å². The summed E-state index contributed by atoms with van der Waals surface area (Å²) in [7, 11) is 2.07. The van der Waals surface area contributed by atoms with E-state index in [1.54, 1.807) is 0 Å². The van der Waals surface area contributed by atoms with Crippen molar-refractivity contribution in [2.45, 2.75) is 19.4 Å². The molecule has 0 saturated carbocycles. The fourth-order valence-electron chi connectivity index (χ4n) is 3.15. The zero-order valence-electron chi connectivity index (χ0n) is 15.9. The summed E-state index contributed by atoms with van der Waals surface area (Å²) < 4.78 is 0. The molecule has 2 aromatic rings. The number of benzene rings is 2. The monoisotopic (exact) mass is 365 g/mol. The van der Waals surface area contributed by atoms with Crippen LogP contribution in [0.15, 0.2) is 54.6 Å². The van der Waals surface area contributed by atoms with Gasteiger partial charge in [-0.05, 0) is 36.7 Å². The van der Waals surface area contributed by atoms with Crippen LogP contribution in [0.25, 0.3) is 0 Å². The molecule has 5 nitrogen and oxygen atoms in total. The maximum Gasteiger partial charge on any atom is 0.253 e. The summed E-state index contributed by atoms with van der Waals surface area (Å²) in [5.41, 5.74) is 2.87. The van der Waals surface area contributed by atoms with Crippen molar-refractivity contribution in [3.63, 3.8) is 0 Å². The summed E-state index contributed by atoms with van der Waals surface area (Å²) in [6.45, 7) is 3.86. The van der Waals surface area contributed by atoms with Crippen molar-refractivity contribution in [3.05, 3.63) is 71.3 Å². The van der Waals surface area contributed by atoms with Gasteiger partial charge in [0.05, 0.1) is 0 Å². The first kappa shape index (κ1) is 19.1. The Morgan fingerprint density at radius 2 is 1.56 bits per heavy atom. The Morgan fingerprint density at radius 1 is 0.889 bits per heavy atom. The van der Waals surface area contributed by atoms with E-state index in [1.807, 2.05) is 59.5 Å². The normalized spacial score (nSPS) is 14.8. The maximum absolute atomic E-state index is 12.5. The first-order valence-corrected chi connectivity index (χ1v) is 9.49. The third kappa shape index (κ3) is 5.66. The molecule has 1 fully saturated rings. The van der Waals surface area contributed by atoms with Crippen LogP contribution >= 0.6 is 0 Å². The molecule has 0 bridgehead atoms. The van der Waals surface area contributed by atoms with Crippen molar-refractivity contribution in [2.24, 2.45) is 0 Å². The van der Waals surface area contributed by atoms with Crippen LogP contribution in [0.5, 0.6) is 0 Å². The summed E-state index contributed by atoms with van der Waals surface area (Å²) in [6, 6.07) is 17.5. The van der Waals surface area contributed by atoms with Crippen LogP contribution in [-0.4, -0.2) is 54.8 Å². The van der Waals surface area contributed by atoms with Gasteiger partial charge in [-0.1, -0.05) is 42.5 Å². The largest absolute Gasteiger partial charge is 0.352 e. The second-order valence-corrected chi connectivity index (χ2v) is 7.05. The fourth-order valence-corrected chi connectivity index (χ4v) is 3.15. The first-order chi connectivity index (χ1) is 13.1. The zero-order chi connectivity index (χ0) is 19.1. The van der Waals surface area contributed by atoms with Gasteiger partial charge in [0.25, 0.3) is 5.91 Å². The van der Waals surface area contributed by atoms with Crippen LogP contribution in [0.2, 0.25) is 0 Å². The molecule has 1 heterocycles. The van der Waals surface area contributed by atoms with E-state index in [9.17, 15) is 9.59 Å². The molecule has 27 heavy (non-hydrogen) atoms. The molecule has 5 heteroatoms. The Labute approximate surface area is 161 Å². The Morgan fingerprint density at radius 3 is 2.22 bits per heavy atom. The summed E-state index contributed by atoms with van der Waals surface area (Å²) in [5.74, 6) is 0.123. The molecule has 0 aliphatic carbocycles. The van der Waals surface area contributed by atoms with Gasteiger partial charge in [0, 0.05) is 44.7 Å². The van der Waals surface area contributed by atoms with Crippen LogP contribution in [0, 0.1) is 0 Å². The number of nitrogens with zero attached hydrogens (tertiary/aromatic N) is 2. The van der Waals surface area contributed by atoms with Crippen molar-refractivity contribution in [2.75, 3.05) is 33.2 Å². The van der Waals surface area contributed by atoms with Gasteiger partial charge in [0.15, 0.2) is 0 Å². The highest BCUT2D eigenvalue weighted by Crippen LogP contribution is 2.10. The average Bonchev–Trinajstić information content (AvgIpc) is 2.72. The lowest BCUT2D eigenvalue weighted by molar-refractivity contribution is -0.121. The van der Waals surface area contributed by atoms with E-state index in [4.69, 9.17) is 0 Å². The van der Waals surface area contributed by atoms with Crippen molar-refractivity contribution in [1.82, 2.24) is 15.1 Å². The van der Waals surface area contributed by atoms with E-state index in [-0.39, 0.29) is 11.8 Å². The molecule has 1 saturated heterocycles. The van der Waals surface area contributed by atoms with Crippen LogP contribution < -0.4 is 5.32 Å². The van der Waals surface area contributed by atoms with Crippen molar-refractivity contribution in [1.29, 1.82) is 0 Å². The maximum atomic E-state index is 12.5. The van der Waals surface area contributed by atoms with Gasteiger partial charge in [-0.15, -0.1) is 0 Å². The molecule has 2 amide bonds. The number of amides is 2. The summed E-state index contributed by atoms with van der Waals surface area (Å²) in [5, 5.41) is 2.95. The van der Waals surface area contributed by atoms with E-state index in [0.717, 1.165) is 38.2 Å². The number of hydrogen-bond donors (Lipinski definition) is 1. The number of hydrogen-bond acceptors (Lipinski definition) is 3. The molecule has 0 atom stereocenters. The quantitative estimate of drug-likeness (QED) is 0.855. The second kappa shape index (κ2) is 9.33. The SMILES string of the molecule is CN1CCN(C(=O)c2ccc(CNC(=O)CCc3ccccc3)cc2)CC1. The van der Waals surface area contributed by atoms with Crippen molar-refractivity contribution < 1.29 is 9.59 Å². The van der Waals surface area contributed by atoms with Gasteiger partial charge >= 0.3 is 0 Å². The molecular weight excluding hydrogens is 338 g/mol. The Kier molecular flexibility index (Phi) is 6.60.